The van der Waals surface area contributed by atoms with Crippen LogP contribution < -0.4 is 0 Å². The van der Waals surface area contributed by atoms with E-state index in [-0.39, 0.29) is 12.3 Å². The molecule has 1 aliphatic rings. The van der Waals surface area contributed by atoms with Gasteiger partial charge in [0, 0.05) is 19.5 Å². The molecule has 1 amide bonds. The van der Waals surface area contributed by atoms with Crippen LogP contribution in [0.2, 0.25) is 0 Å². The smallest absolute Gasteiger partial charge is 0.310 e. The van der Waals surface area contributed by atoms with Crippen molar-refractivity contribution in [1.29, 1.82) is 0 Å². The average Bonchev–Trinajstić information content (AvgIpc) is 2.88. The summed E-state index contributed by atoms with van der Waals surface area (Å²) >= 11 is 0. The molecule has 0 aliphatic heterocycles. The number of carboxylic acids is 1. The molecule has 0 atom stereocenters. The van der Waals surface area contributed by atoms with E-state index in [1.54, 1.807) is 4.90 Å². The van der Waals surface area contributed by atoms with E-state index < -0.39 is 11.4 Å². The van der Waals surface area contributed by atoms with Crippen molar-refractivity contribution in [3.05, 3.63) is 0 Å². The Bertz CT molecular complexity index is 304. The Morgan fingerprint density at radius 1 is 1.22 bits per heavy atom. The van der Waals surface area contributed by atoms with Gasteiger partial charge in [0.25, 0.3) is 0 Å². The first-order valence-electron chi connectivity index (χ1n) is 6.96. The minimum atomic E-state index is -0.885. The number of aliphatic carboxylic acids is 1. The maximum Gasteiger partial charge on any atom is 0.310 e. The summed E-state index contributed by atoms with van der Waals surface area (Å²) in [6, 6.07) is 0.317. The molecule has 0 heterocycles. The molecule has 0 aromatic rings. The molecule has 0 aromatic heterocycles. The lowest BCUT2D eigenvalue weighted by molar-refractivity contribution is -0.154. The number of hydrogen-bond donors (Lipinski definition) is 1. The molecule has 1 saturated carbocycles. The molecule has 1 rings (SSSR count). The van der Waals surface area contributed by atoms with Gasteiger partial charge in [0.15, 0.2) is 0 Å². The first kappa shape index (κ1) is 15.0. The summed E-state index contributed by atoms with van der Waals surface area (Å²) in [6.07, 6.45) is 5.59. The van der Waals surface area contributed by atoms with Crippen molar-refractivity contribution in [2.75, 3.05) is 7.05 Å². The van der Waals surface area contributed by atoms with Crippen LogP contribution in [-0.2, 0) is 9.59 Å². The highest BCUT2D eigenvalue weighted by atomic mass is 16.4. The molecule has 104 valence electrons. The van der Waals surface area contributed by atoms with Gasteiger partial charge in [-0.3, -0.25) is 9.59 Å². The van der Waals surface area contributed by atoms with Crippen molar-refractivity contribution < 1.29 is 14.7 Å². The van der Waals surface area contributed by atoms with Crippen LogP contribution in [0.5, 0.6) is 0 Å². The van der Waals surface area contributed by atoms with Gasteiger partial charge in [-0.2, -0.15) is 0 Å². The van der Waals surface area contributed by atoms with Gasteiger partial charge >= 0.3 is 5.97 Å². The molecular weight excluding hydrogens is 230 g/mol. The third kappa shape index (κ3) is 3.03. The zero-order valence-corrected chi connectivity index (χ0v) is 11.7. The molecule has 1 N–H and O–H groups in total. The minimum absolute atomic E-state index is 0.0204. The number of amides is 1. The standard InChI is InChI=1S/C14H25NO3/c1-4-14(5-2,13(17)18)10-12(16)15(3)11-8-6-7-9-11/h11H,4-10H2,1-3H3,(H,17,18). The van der Waals surface area contributed by atoms with Gasteiger partial charge in [-0.15, -0.1) is 0 Å². The van der Waals surface area contributed by atoms with Gasteiger partial charge in [-0.25, -0.2) is 0 Å². The molecule has 18 heavy (non-hydrogen) atoms. The summed E-state index contributed by atoms with van der Waals surface area (Å²) in [5.74, 6) is -0.867. The van der Waals surface area contributed by atoms with Gasteiger partial charge < -0.3 is 10.0 Å². The second-order valence-electron chi connectivity index (χ2n) is 5.41. The van der Waals surface area contributed by atoms with Crippen LogP contribution in [0, 0.1) is 5.41 Å². The predicted octanol–water partition coefficient (Wildman–Crippen LogP) is 2.67. The fourth-order valence-corrected chi connectivity index (χ4v) is 2.79. The van der Waals surface area contributed by atoms with E-state index in [2.05, 4.69) is 0 Å². The summed E-state index contributed by atoms with van der Waals surface area (Å²) in [5.41, 5.74) is -0.885. The van der Waals surface area contributed by atoms with Crippen molar-refractivity contribution in [2.45, 2.75) is 64.8 Å². The average molecular weight is 255 g/mol. The second-order valence-corrected chi connectivity index (χ2v) is 5.41. The van der Waals surface area contributed by atoms with Crippen molar-refractivity contribution in [3.8, 4) is 0 Å². The second kappa shape index (κ2) is 6.21. The molecule has 1 aliphatic carbocycles. The molecule has 0 radical (unpaired) electrons. The number of rotatable bonds is 6. The van der Waals surface area contributed by atoms with Crippen molar-refractivity contribution in [3.63, 3.8) is 0 Å². The summed E-state index contributed by atoms with van der Waals surface area (Å²) in [6.45, 7) is 3.70. The third-order valence-electron chi connectivity index (χ3n) is 4.56. The van der Waals surface area contributed by atoms with Gasteiger partial charge in [-0.05, 0) is 25.7 Å². The monoisotopic (exact) mass is 255 g/mol. The lowest BCUT2D eigenvalue weighted by Crippen LogP contribution is -2.41. The molecule has 0 bridgehead atoms. The first-order chi connectivity index (χ1) is 8.46. The predicted molar refractivity (Wildman–Crippen MR) is 70.3 cm³/mol. The lowest BCUT2D eigenvalue weighted by Gasteiger charge is -2.31. The fraction of sp³-hybridized carbons (Fsp3) is 0.857. The van der Waals surface area contributed by atoms with Crippen molar-refractivity contribution >= 4 is 11.9 Å². The Balaban J connectivity index is 2.68. The SMILES string of the molecule is CCC(CC)(CC(=O)N(C)C1CCCC1)C(=O)O. The number of carbonyl (C=O) groups is 2. The molecule has 4 heteroatoms. The first-order valence-corrected chi connectivity index (χ1v) is 6.96. The molecule has 0 aromatic carbocycles. The summed E-state index contributed by atoms with van der Waals surface area (Å²) in [5, 5.41) is 9.35. The number of carbonyl (C=O) groups excluding carboxylic acids is 1. The van der Waals surface area contributed by atoms with E-state index in [0.29, 0.717) is 18.9 Å². The van der Waals surface area contributed by atoms with Gasteiger partial charge in [-0.1, -0.05) is 26.7 Å². The van der Waals surface area contributed by atoms with E-state index in [9.17, 15) is 14.7 Å². The van der Waals surface area contributed by atoms with Crippen LogP contribution in [0.3, 0.4) is 0 Å². The Morgan fingerprint density at radius 2 is 1.72 bits per heavy atom. The summed E-state index contributed by atoms with van der Waals surface area (Å²) in [7, 11) is 1.82. The van der Waals surface area contributed by atoms with Crippen LogP contribution in [0.1, 0.15) is 58.8 Å². The van der Waals surface area contributed by atoms with Crippen LogP contribution in [0.25, 0.3) is 0 Å². The lowest BCUT2D eigenvalue weighted by atomic mass is 9.79. The van der Waals surface area contributed by atoms with E-state index >= 15 is 0 Å². The van der Waals surface area contributed by atoms with Crippen LogP contribution in [0.15, 0.2) is 0 Å². The highest BCUT2D eigenvalue weighted by Gasteiger charge is 2.38. The largest absolute Gasteiger partial charge is 0.481 e. The zero-order valence-electron chi connectivity index (χ0n) is 11.7. The topological polar surface area (TPSA) is 57.6 Å². The molecular formula is C14H25NO3. The number of hydrogen-bond acceptors (Lipinski definition) is 2. The van der Waals surface area contributed by atoms with Gasteiger partial charge in [0.1, 0.15) is 0 Å². The maximum atomic E-state index is 12.2. The van der Waals surface area contributed by atoms with Crippen LogP contribution in [-0.4, -0.2) is 35.0 Å². The van der Waals surface area contributed by atoms with E-state index in [1.165, 1.54) is 12.8 Å². The van der Waals surface area contributed by atoms with E-state index in [0.717, 1.165) is 12.8 Å². The molecule has 4 nitrogen and oxygen atoms in total. The maximum absolute atomic E-state index is 12.2. The number of carboxylic acid groups (broad SMARTS) is 1. The zero-order chi connectivity index (χ0) is 13.8. The molecule has 0 spiro atoms. The van der Waals surface area contributed by atoms with Crippen LogP contribution >= 0.6 is 0 Å². The van der Waals surface area contributed by atoms with Crippen LogP contribution in [0.4, 0.5) is 0 Å². The van der Waals surface area contributed by atoms with E-state index in [1.807, 2.05) is 20.9 Å². The highest BCUT2D eigenvalue weighted by Crippen LogP contribution is 2.33. The number of nitrogens with zero attached hydrogens (tertiary/aromatic N) is 1. The summed E-state index contributed by atoms with van der Waals surface area (Å²) < 4.78 is 0. The fourth-order valence-electron chi connectivity index (χ4n) is 2.79. The Kier molecular flexibility index (Phi) is 5.17. The third-order valence-corrected chi connectivity index (χ3v) is 4.56. The Labute approximate surface area is 109 Å². The molecule has 0 unspecified atom stereocenters. The Morgan fingerprint density at radius 3 is 2.11 bits per heavy atom. The van der Waals surface area contributed by atoms with Gasteiger partial charge in [0.2, 0.25) is 5.91 Å². The Hall–Kier alpha value is -1.06. The van der Waals surface area contributed by atoms with Gasteiger partial charge in [0.05, 0.1) is 5.41 Å². The van der Waals surface area contributed by atoms with Crippen molar-refractivity contribution in [1.82, 2.24) is 4.90 Å². The minimum Gasteiger partial charge on any atom is -0.481 e. The highest BCUT2D eigenvalue weighted by molar-refractivity contribution is 5.85. The van der Waals surface area contributed by atoms with Crippen molar-refractivity contribution in [2.24, 2.45) is 5.41 Å². The van der Waals surface area contributed by atoms with E-state index in [4.69, 9.17) is 0 Å². The molecule has 0 saturated heterocycles. The summed E-state index contributed by atoms with van der Waals surface area (Å²) in [4.78, 5) is 25.4. The quantitative estimate of drug-likeness (QED) is 0.793. The molecule has 1 fully saturated rings. The normalized spacial score (nSPS) is 16.8.